The van der Waals surface area contributed by atoms with Crippen molar-refractivity contribution in [2.24, 2.45) is 0 Å². The molecule has 160 valence electrons. The highest BCUT2D eigenvalue weighted by molar-refractivity contribution is 7.87. The summed E-state index contributed by atoms with van der Waals surface area (Å²) >= 11 is 0. The Labute approximate surface area is 170 Å². The van der Waals surface area contributed by atoms with Gasteiger partial charge in [0.05, 0.1) is 6.54 Å². The number of hydroxylamine groups is 1. The zero-order valence-electron chi connectivity index (χ0n) is 18.4. The molecule has 1 amide bonds. The lowest BCUT2D eigenvalue weighted by atomic mass is 10.2. The van der Waals surface area contributed by atoms with Crippen molar-refractivity contribution in [2.45, 2.75) is 71.8 Å². The van der Waals surface area contributed by atoms with Crippen molar-refractivity contribution in [3.05, 3.63) is 35.9 Å². The minimum Gasteiger partial charge on any atom is -0.443 e. The van der Waals surface area contributed by atoms with Gasteiger partial charge in [0.15, 0.2) is 0 Å². The fraction of sp³-hybridized carbons (Fsp3) is 0.632. The molecule has 1 rings (SSSR count). The lowest BCUT2D eigenvalue weighted by Crippen LogP contribution is -2.52. The number of ether oxygens (including phenoxy) is 1. The van der Waals surface area contributed by atoms with Crippen LogP contribution in [0.15, 0.2) is 30.3 Å². The van der Waals surface area contributed by atoms with Crippen molar-refractivity contribution in [1.29, 1.82) is 0 Å². The molecule has 0 aromatic heterocycles. The lowest BCUT2D eigenvalue weighted by molar-refractivity contribution is 0.0204. The highest BCUT2D eigenvalue weighted by Crippen LogP contribution is 2.37. The monoisotopic (exact) mass is 430 g/mol. The van der Waals surface area contributed by atoms with Crippen molar-refractivity contribution >= 4 is 24.6 Å². The van der Waals surface area contributed by atoms with Gasteiger partial charge in [-0.2, -0.15) is 12.7 Å². The molecule has 1 aromatic carbocycles. The first-order valence-electron chi connectivity index (χ1n) is 9.20. The Bertz CT molecular complexity index is 768. The fourth-order valence-corrected chi connectivity index (χ4v) is 4.61. The number of hydrogen-bond donors (Lipinski definition) is 0. The van der Waals surface area contributed by atoms with Gasteiger partial charge in [0.25, 0.3) is 0 Å². The molecular formula is C19H34N2O5SSi. The Hall–Kier alpha value is -1.42. The molecule has 0 saturated carbocycles. The Kier molecular flexibility index (Phi) is 7.49. The van der Waals surface area contributed by atoms with Gasteiger partial charge >= 0.3 is 16.3 Å². The second-order valence-electron chi connectivity index (χ2n) is 9.24. The molecular weight excluding hydrogens is 396 g/mol. The van der Waals surface area contributed by atoms with E-state index in [4.69, 9.17) is 9.26 Å². The molecule has 0 fully saturated rings. The maximum atomic E-state index is 13.2. The van der Waals surface area contributed by atoms with Crippen LogP contribution in [0.25, 0.3) is 0 Å². The summed E-state index contributed by atoms with van der Waals surface area (Å²) in [6.45, 7) is 14.8. The van der Waals surface area contributed by atoms with E-state index in [0.29, 0.717) is 9.87 Å². The summed E-state index contributed by atoms with van der Waals surface area (Å²) in [7, 11) is -5.37. The fourth-order valence-electron chi connectivity index (χ4n) is 1.95. The number of benzene rings is 1. The van der Waals surface area contributed by atoms with Crippen LogP contribution in [0.4, 0.5) is 4.79 Å². The van der Waals surface area contributed by atoms with Gasteiger partial charge in [-0.05, 0) is 44.5 Å². The van der Waals surface area contributed by atoms with E-state index in [1.54, 1.807) is 45.0 Å². The first-order valence-corrected chi connectivity index (χ1v) is 13.5. The molecule has 0 N–H and O–H groups in total. The van der Waals surface area contributed by atoms with Crippen molar-refractivity contribution in [3.63, 3.8) is 0 Å². The van der Waals surface area contributed by atoms with Crippen molar-refractivity contribution in [2.75, 3.05) is 7.05 Å². The smallest absolute Gasteiger partial charge is 0.425 e. The van der Waals surface area contributed by atoms with Crippen LogP contribution in [0.2, 0.25) is 18.1 Å². The van der Waals surface area contributed by atoms with Crippen LogP contribution in [-0.4, -0.2) is 44.3 Å². The van der Waals surface area contributed by atoms with Gasteiger partial charge in [0.2, 0.25) is 8.32 Å². The summed E-state index contributed by atoms with van der Waals surface area (Å²) in [5, 5.41) is -0.201. The van der Waals surface area contributed by atoms with E-state index in [1.165, 1.54) is 7.05 Å². The molecule has 0 radical (unpaired) electrons. The van der Waals surface area contributed by atoms with E-state index in [9.17, 15) is 13.2 Å². The van der Waals surface area contributed by atoms with Crippen LogP contribution in [0.3, 0.4) is 0 Å². The van der Waals surface area contributed by atoms with Gasteiger partial charge in [-0.15, -0.1) is 0 Å². The first-order chi connectivity index (χ1) is 12.5. The standard InChI is InChI=1S/C19H34N2O5SSi/c1-18(2,3)25-17(22)21(15-16-13-11-10-12-14-16)27(23,24)20(7)26-28(8,9)19(4,5)6/h10-14H,15H2,1-9H3. The van der Waals surface area contributed by atoms with Crippen molar-refractivity contribution < 1.29 is 22.5 Å². The number of nitrogens with zero attached hydrogens (tertiary/aromatic N) is 2. The third-order valence-electron chi connectivity index (χ3n) is 4.53. The quantitative estimate of drug-likeness (QED) is 0.489. The number of carbonyl (C=O) groups excluding carboxylic acids is 1. The summed E-state index contributed by atoms with van der Waals surface area (Å²) in [5.74, 6) is 0. The maximum Gasteiger partial charge on any atom is 0.425 e. The average molecular weight is 431 g/mol. The summed E-state index contributed by atoms with van der Waals surface area (Å²) in [6.07, 6.45) is -0.943. The van der Waals surface area contributed by atoms with Gasteiger partial charge in [-0.25, -0.2) is 4.79 Å². The molecule has 0 heterocycles. The third-order valence-corrected chi connectivity index (χ3v) is 10.6. The highest BCUT2D eigenvalue weighted by atomic mass is 32.2. The molecule has 0 atom stereocenters. The molecule has 0 aliphatic rings. The molecule has 28 heavy (non-hydrogen) atoms. The van der Waals surface area contributed by atoms with Gasteiger partial charge in [-0.3, -0.25) is 0 Å². The van der Waals surface area contributed by atoms with Crippen LogP contribution in [-0.2, 0) is 26.0 Å². The summed E-state index contributed by atoms with van der Waals surface area (Å²) < 4.78 is 39.2. The molecule has 1 aromatic rings. The van der Waals surface area contributed by atoms with Gasteiger partial charge in [0, 0.05) is 7.05 Å². The molecule has 0 aliphatic heterocycles. The van der Waals surface area contributed by atoms with E-state index in [0.717, 1.165) is 4.47 Å². The van der Waals surface area contributed by atoms with Crippen molar-refractivity contribution in [3.8, 4) is 0 Å². The van der Waals surface area contributed by atoms with Crippen molar-refractivity contribution in [1.82, 2.24) is 8.77 Å². The van der Waals surface area contributed by atoms with Gasteiger partial charge < -0.3 is 9.26 Å². The third kappa shape index (κ3) is 6.58. The molecule has 0 unspecified atom stereocenters. The Morgan fingerprint density at radius 2 is 1.54 bits per heavy atom. The Balaban J connectivity index is 3.24. The average Bonchev–Trinajstić information content (AvgIpc) is 2.50. The van der Waals surface area contributed by atoms with Gasteiger partial charge in [-0.1, -0.05) is 55.6 Å². The summed E-state index contributed by atoms with van der Waals surface area (Å²) in [4.78, 5) is 12.7. The summed E-state index contributed by atoms with van der Waals surface area (Å²) in [6, 6.07) is 8.89. The number of rotatable bonds is 6. The second-order valence-corrected chi connectivity index (χ2v) is 15.8. The second kappa shape index (κ2) is 8.52. The number of hydrogen-bond acceptors (Lipinski definition) is 5. The molecule has 0 saturated heterocycles. The molecule has 0 aliphatic carbocycles. The predicted molar refractivity (Wildman–Crippen MR) is 113 cm³/mol. The summed E-state index contributed by atoms with van der Waals surface area (Å²) in [5.41, 5.74) is -0.168. The Morgan fingerprint density at radius 3 is 1.96 bits per heavy atom. The predicted octanol–water partition coefficient (Wildman–Crippen LogP) is 4.54. The van der Waals surface area contributed by atoms with E-state index in [-0.39, 0.29) is 11.6 Å². The zero-order valence-corrected chi connectivity index (χ0v) is 20.3. The van der Waals surface area contributed by atoms with Crippen LogP contribution >= 0.6 is 0 Å². The SMILES string of the molecule is CN(O[Si](C)(C)C(C)(C)C)S(=O)(=O)N(Cc1ccccc1)C(=O)OC(C)(C)C. The van der Waals surface area contributed by atoms with Crippen LogP contribution in [0, 0.1) is 0 Å². The lowest BCUT2D eigenvalue weighted by Gasteiger charge is -2.39. The molecule has 7 nitrogen and oxygen atoms in total. The van der Waals surface area contributed by atoms with Gasteiger partial charge in [0.1, 0.15) is 5.60 Å². The van der Waals surface area contributed by atoms with E-state index in [1.807, 2.05) is 39.9 Å². The molecule has 0 spiro atoms. The first kappa shape index (κ1) is 24.6. The number of carbonyl (C=O) groups is 1. The maximum absolute atomic E-state index is 13.2. The normalized spacial score (nSPS) is 13.5. The highest BCUT2D eigenvalue weighted by Gasteiger charge is 2.43. The topological polar surface area (TPSA) is 76.2 Å². The van der Waals surface area contributed by atoms with Crippen LogP contribution < -0.4 is 0 Å². The van der Waals surface area contributed by atoms with E-state index >= 15 is 0 Å². The largest absolute Gasteiger partial charge is 0.443 e. The van der Waals surface area contributed by atoms with E-state index in [2.05, 4.69) is 0 Å². The number of amides is 1. The zero-order chi connectivity index (χ0) is 22.0. The van der Waals surface area contributed by atoms with E-state index < -0.39 is 30.2 Å². The minimum absolute atomic E-state index is 0.150. The van der Waals surface area contributed by atoms with Crippen LogP contribution in [0.1, 0.15) is 47.1 Å². The minimum atomic E-state index is -4.26. The Morgan fingerprint density at radius 1 is 1.04 bits per heavy atom. The van der Waals surface area contributed by atoms with Crippen LogP contribution in [0.5, 0.6) is 0 Å². The molecule has 9 heteroatoms. The molecule has 0 bridgehead atoms.